The second-order valence-corrected chi connectivity index (χ2v) is 7.33. The molecule has 1 saturated carbocycles. The van der Waals surface area contributed by atoms with Crippen molar-refractivity contribution in [3.05, 3.63) is 35.6 Å². The number of amides is 1. The van der Waals surface area contributed by atoms with Crippen molar-refractivity contribution in [3.8, 4) is 0 Å². The molecule has 2 aromatic rings. The van der Waals surface area contributed by atoms with E-state index in [9.17, 15) is 9.59 Å². The molecule has 0 saturated heterocycles. The predicted molar refractivity (Wildman–Crippen MR) is 101 cm³/mol. The Morgan fingerprint density at radius 1 is 1.19 bits per heavy atom. The number of carbonyl (C=O) groups excluding carboxylic acids is 2. The van der Waals surface area contributed by atoms with Crippen molar-refractivity contribution in [1.29, 1.82) is 0 Å². The highest BCUT2D eigenvalue weighted by molar-refractivity contribution is 5.96. The number of furan rings is 1. The number of benzene rings is 1. The van der Waals surface area contributed by atoms with Crippen molar-refractivity contribution >= 4 is 22.8 Å². The molecule has 1 aromatic carbocycles. The van der Waals surface area contributed by atoms with E-state index in [-0.39, 0.29) is 30.9 Å². The van der Waals surface area contributed by atoms with Crippen LogP contribution in [0.1, 0.15) is 48.7 Å². The lowest BCUT2D eigenvalue weighted by atomic mass is 9.87. The number of rotatable bonds is 6. The summed E-state index contributed by atoms with van der Waals surface area (Å²) in [6.45, 7) is 2.19. The van der Waals surface area contributed by atoms with Crippen LogP contribution < -0.4 is 0 Å². The molecule has 1 aliphatic carbocycles. The summed E-state index contributed by atoms with van der Waals surface area (Å²) in [4.78, 5) is 26.7. The van der Waals surface area contributed by atoms with Crippen LogP contribution in [0.25, 0.3) is 11.0 Å². The third-order valence-corrected chi connectivity index (χ3v) is 5.43. The van der Waals surface area contributed by atoms with Gasteiger partial charge >= 0.3 is 5.97 Å². The highest BCUT2D eigenvalue weighted by Gasteiger charge is 2.27. The Balaban J connectivity index is 1.64. The number of hydrogen-bond acceptors (Lipinski definition) is 5. The van der Waals surface area contributed by atoms with Gasteiger partial charge in [-0.3, -0.25) is 4.79 Å². The van der Waals surface area contributed by atoms with E-state index in [2.05, 4.69) is 6.92 Å². The van der Waals surface area contributed by atoms with Gasteiger partial charge < -0.3 is 18.8 Å². The molecule has 0 N–H and O–H groups in total. The van der Waals surface area contributed by atoms with Crippen LogP contribution in [0.3, 0.4) is 0 Å². The lowest BCUT2D eigenvalue weighted by Gasteiger charge is -2.33. The average Bonchev–Trinajstić information content (AvgIpc) is 3.05. The molecule has 6 heteroatoms. The van der Waals surface area contributed by atoms with E-state index in [0.29, 0.717) is 11.1 Å². The lowest BCUT2D eigenvalue weighted by molar-refractivity contribution is -0.136. The molecule has 1 fully saturated rings. The maximum atomic E-state index is 12.5. The van der Waals surface area contributed by atoms with Crippen molar-refractivity contribution in [3.63, 3.8) is 0 Å². The first-order chi connectivity index (χ1) is 13.0. The van der Waals surface area contributed by atoms with E-state index in [1.165, 1.54) is 0 Å². The SMILES string of the molecule is COCc1c(C(=O)OCC(=O)N(C)C2CCC(C)CC2)oc2ccccc12. The molecule has 0 atom stereocenters. The third-order valence-electron chi connectivity index (χ3n) is 5.43. The lowest BCUT2D eigenvalue weighted by Crippen LogP contribution is -2.41. The zero-order valence-electron chi connectivity index (χ0n) is 16.2. The van der Waals surface area contributed by atoms with Gasteiger partial charge in [-0.15, -0.1) is 0 Å². The van der Waals surface area contributed by atoms with Crippen molar-refractivity contribution in [2.24, 2.45) is 5.92 Å². The number of nitrogens with zero attached hydrogens (tertiary/aromatic N) is 1. The average molecular weight is 373 g/mol. The van der Waals surface area contributed by atoms with E-state index in [1.54, 1.807) is 25.1 Å². The standard InChI is InChI=1S/C21H27NO5/c1-14-8-10-15(11-9-14)22(2)19(23)13-26-21(24)20-17(12-25-3)16-6-4-5-7-18(16)27-20/h4-7,14-15H,8-13H2,1-3H3. The molecule has 0 aliphatic heterocycles. The molecule has 146 valence electrons. The number of esters is 1. The van der Waals surface area contributed by atoms with Gasteiger partial charge in [0.1, 0.15) is 5.58 Å². The molecule has 0 spiro atoms. The molecule has 0 bridgehead atoms. The molecule has 0 radical (unpaired) electrons. The van der Waals surface area contributed by atoms with Crippen molar-refractivity contribution in [2.75, 3.05) is 20.8 Å². The maximum absolute atomic E-state index is 12.5. The second-order valence-electron chi connectivity index (χ2n) is 7.33. The molecule has 1 heterocycles. The Bertz CT molecular complexity index is 804. The minimum Gasteiger partial charge on any atom is -0.450 e. The van der Waals surface area contributed by atoms with Crippen LogP contribution in [0.15, 0.2) is 28.7 Å². The molecule has 1 aromatic heterocycles. The summed E-state index contributed by atoms with van der Waals surface area (Å²) in [5.74, 6) is -0.0144. The zero-order valence-corrected chi connectivity index (χ0v) is 16.2. The summed E-state index contributed by atoms with van der Waals surface area (Å²) >= 11 is 0. The number of methoxy groups -OCH3 is 1. The van der Waals surface area contributed by atoms with E-state index in [1.807, 2.05) is 18.2 Å². The largest absolute Gasteiger partial charge is 0.450 e. The van der Waals surface area contributed by atoms with Gasteiger partial charge in [-0.2, -0.15) is 0 Å². The minimum atomic E-state index is -0.641. The van der Waals surface area contributed by atoms with Gasteiger partial charge in [0.25, 0.3) is 5.91 Å². The van der Waals surface area contributed by atoms with Gasteiger partial charge in [0.2, 0.25) is 5.76 Å². The number of fused-ring (bicyclic) bond motifs is 1. The van der Waals surface area contributed by atoms with Gasteiger partial charge in [-0.05, 0) is 37.7 Å². The third kappa shape index (κ3) is 4.33. The summed E-state index contributed by atoms with van der Waals surface area (Å²) in [6, 6.07) is 7.58. The van der Waals surface area contributed by atoms with Crippen LogP contribution in [-0.2, 0) is 20.9 Å². The van der Waals surface area contributed by atoms with E-state index in [4.69, 9.17) is 13.9 Å². The Hall–Kier alpha value is -2.34. The Labute approximate surface area is 159 Å². The van der Waals surface area contributed by atoms with Crippen LogP contribution in [0.4, 0.5) is 0 Å². The van der Waals surface area contributed by atoms with E-state index < -0.39 is 5.97 Å². The molecular formula is C21H27NO5. The van der Waals surface area contributed by atoms with Gasteiger partial charge in [-0.25, -0.2) is 4.79 Å². The van der Waals surface area contributed by atoms with E-state index in [0.717, 1.165) is 37.0 Å². The topological polar surface area (TPSA) is 69.0 Å². The Kier molecular flexibility index (Phi) is 6.16. The summed E-state index contributed by atoms with van der Waals surface area (Å²) < 4.78 is 16.1. The van der Waals surface area contributed by atoms with Crippen molar-refractivity contribution < 1.29 is 23.5 Å². The van der Waals surface area contributed by atoms with Crippen molar-refractivity contribution in [2.45, 2.75) is 45.3 Å². The number of carbonyl (C=O) groups is 2. The highest BCUT2D eigenvalue weighted by Crippen LogP contribution is 2.28. The number of hydrogen-bond donors (Lipinski definition) is 0. The minimum absolute atomic E-state index is 0.0972. The monoisotopic (exact) mass is 373 g/mol. The first-order valence-electron chi connectivity index (χ1n) is 9.43. The molecule has 1 amide bonds. The fraction of sp³-hybridized carbons (Fsp3) is 0.524. The number of ether oxygens (including phenoxy) is 2. The fourth-order valence-corrected chi connectivity index (χ4v) is 3.68. The molecule has 3 rings (SSSR count). The van der Waals surface area contributed by atoms with Gasteiger partial charge in [-0.1, -0.05) is 25.1 Å². The molecule has 27 heavy (non-hydrogen) atoms. The molecule has 0 unspecified atom stereocenters. The van der Waals surface area contributed by atoms with Crippen LogP contribution >= 0.6 is 0 Å². The Morgan fingerprint density at radius 2 is 1.89 bits per heavy atom. The summed E-state index contributed by atoms with van der Waals surface area (Å²) in [5, 5.41) is 0.811. The van der Waals surface area contributed by atoms with E-state index >= 15 is 0 Å². The molecule has 6 nitrogen and oxygen atoms in total. The summed E-state index contributed by atoms with van der Waals surface area (Å²) in [7, 11) is 3.34. The van der Waals surface area contributed by atoms with Crippen LogP contribution in [0.2, 0.25) is 0 Å². The number of likely N-dealkylation sites (N-methyl/N-ethyl adjacent to an activating group) is 1. The van der Waals surface area contributed by atoms with Gasteiger partial charge in [0.15, 0.2) is 6.61 Å². The summed E-state index contributed by atoms with van der Waals surface area (Å²) in [5.41, 5.74) is 1.23. The number of para-hydroxylation sites is 1. The van der Waals surface area contributed by atoms with Gasteiger partial charge in [0, 0.05) is 31.1 Å². The van der Waals surface area contributed by atoms with Crippen molar-refractivity contribution in [1.82, 2.24) is 4.90 Å². The first kappa shape index (κ1) is 19.4. The normalized spacial score (nSPS) is 19.8. The second kappa shape index (κ2) is 8.57. The van der Waals surface area contributed by atoms with Crippen LogP contribution in [0, 0.1) is 5.92 Å². The quantitative estimate of drug-likeness (QED) is 0.721. The zero-order chi connectivity index (χ0) is 19.4. The maximum Gasteiger partial charge on any atom is 0.375 e. The predicted octanol–water partition coefficient (Wildman–Crippen LogP) is 3.77. The fourth-order valence-electron chi connectivity index (χ4n) is 3.68. The smallest absolute Gasteiger partial charge is 0.375 e. The molecular weight excluding hydrogens is 346 g/mol. The van der Waals surface area contributed by atoms with Crippen LogP contribution in [-0.4, -0.2) is 43.6 Å². The summed E-state index contributed by atoms with van der Waals surface area (Å²) in [6.07, 6.45) is 4.25. The van der Waals surface area contributed by atoms with Gasteiger partial charge in [0.05, 0.1) is 6.61 Å². The van der Waals surface area contributed by atoms with Crippen LogP contribution in [0.5, 0.6) is 0 Å². The first-order valence-corrected chi connectivity index (χ1v) is 9.43. The highest BCUT2D eigenvalue weighted by atomic mass is 16.5. The Morgan fingerprint density at radius 3 is 2.59 bits per heavy atom. The molecule has 1 aliphatic rings.